The number of rotatable bonds is 8. The molecule has 0 aliphatic carbocycles. The fourth-order valence-corrected chi connectivity index (χ4v) is 2.16. The molecule has 0 radical (unpaired) electrons. The highest BCUT2D eigenvalue weighted by Crippen LogP contribution is 2.25. The fourth-order valence-electron chi connectivity index (χ4n) is 1.74. The molecule has 0 unspecified atom stereocenters. The van der Waals surface area contributed by atoms with Crippen molar-refractivity contribution in [1.82, 2.24) is 10.2 Å². The van der Waals surface area contributed by atoms with Crippen molar-refractivity contribution in [3.8, 4) is 0 Å². The molecule has 0 bridgehead atoms. The van der Waals surface area contributed by atoms with E-state index in [1.807, 2.05) is 12.1 Å². The van der Waals surface area contributed by atoms with Gasteiger partial charge in [-0.05, 0) is 25.1 Å². The molecule has 2 N–H and O–H groups in total. The molecule has 0 aliphatic rings. The zero-order valence-corrected chi connectivity index (χ0v) is 13.2. The normalized spacial score (nSPS) is 10.7. The van der Waals surface area contributed by atoms with Crippen LogP contribution in [0.25, 0.3) is 0 Å². The third-order valence-electron chi connectivity index (χ3n) is 2.87. The Hall–Kier alpha value is -1.30. The van der Waals surface area contributed by atoms with Crippen LogP contribution in [0.15, 0.2) is 18.2 Å². The first kappa shape index (κ1) is 17.8. The first-order valence-corrected chi connectivity index (χ1v) is 7.25. The molecule has 0 fully saturated rings. The third-order valence-corrected chi connectivity index (χ3v) is 3.73. The zero-order chi connectivity index (χ0) is 15.8. The number of nitrogens with zero attached hydrogens (tertiary/aromatic N) is 1. The quantitative estimate of drug-likeness (QED) is 0.764. The lowest BCUT2D eigenvalue weighted by Gasteiger charge is -2.15. The fraction of sp³-hybridized carbons (Fsp3) is 0.429. The third kappa shape index (κ3) is 6.80. The summed E-state index contributed by atoms with van der Waals surface area (Å²) in [6.07, 6.45) is 0.603. The number of hydrogen-bond acceptors (Lipinski definition) is 3. The molecule has 0 saturated heterocycles. The predicted octanol–water partition coefficient (Wildman–Crippen LogP) is 2.06. The number of carbonyl (C=O) groups excluding carboxylic acids is 1. The van der Waals surface area contributed by atoms with Crippen LogP contribution >= 0.6 is 23.2 Å². The van der Waals surface area contributed by atoms with Crippen LogP contribution in [0.3, 0.4) is 0 Å². The number of likely N-dealkylation sites (N-methyl/N-ethyl adjacent to an activating group) is 1. The Morgan fingerprint density at radius 2 is 2.05 bits per heavy atom. The molecule has 0 aromatic heterocycles. The smallest absolute Gasteiger partial charge is 0.304 e. The standard InChI is InChI=1S/C14H18Cl2N2O3/c1-18(8-6-13(20)21)9-12(19)17-7-5-10-3-2-4-11(15)14(10)16/h2-4H,5-9H2,1H3,(H,17,19)(H,20,21). The molecular weight excluding hydrogens is 315 g/mol. The van der Waals surface area contributed by atoms with E-state index < -0.39 is 5.97 Å². The SMILES string of the molecule is CN(CCC(=O)O)CC(=O)NCCc1cccc(Cl)c1Cl. The first-order valence-electron chi connectivity index (χ1n) is 6.50. The highest BCUT2D eigenvalue weighted by Gasteiger charge is 2.09. The summed E-state index contributed by atoms with van der Waals surface area (Å²) in [6.45, 7) is 0.950. The highest BCUT2D eigenvalue weighted by atomic mass is 35.5. The molecular formula is C14H18Cl2N2O3. The molecule has 0 saturated carbocycles. The Morgan fingerprint density at radius 3 is 2.71 bits per heavy atom. The van der Waals surface area contributed by atoms with Crippen molar-refractivity contribution < 1.29 is 14.7 Å². The van der Waals surface area contributed by atoms with Crippen LogP contribution in [0.1, 0.15) is 12.0 Å². The maximum Gasteiger partial charge on any atom is 0.304 e. The van der Waals surface area contributed by atoms with Gasteiger partial charge in [-0.2, -0.15) is 0 Å². The van der Waals surface area contributed by atoms with Crippen molar-refractivity contribution in [2.75, 3.05) is 26.7 Å². The molecule has 116 valence electrons. The van der Waals surface area contributed by atoms with Crippen LogP contribution in [0.4, 0.5) is 0 Å². The van der Waals surface area contributed by atoms with Gasteiger partial charge < -0.3 is 10.4 Å². The zero-order valence-electron chi connectivity index (χ0n) is 11.7. The molecule has 1 amide bonds. The van der Waals surface area contributed by atoms with Gasteiger partial charge >= 0.3 is 5.97 Å². The predicted molar refractivity (Wildman–Crippen MR) is 82.9 cm³/mol. The van der Waals surface area contributed by atoms with Crippen LogP contribution in [-0.4, -0.2) is 48.6 Å². The molecule has 1 rings (SSSR count). The summed E-state index contributed by atoms with van der Waals surface area (Å²) in [5, 5.41) is 12.3. The molecule has 0 aliphatic heterocycles. The van der Waals surface area contributed by atoms with Gasteiger partial charge in [-0.3, -0.25) is 14.5 Å². The van der Waals surface area contributed by atoms with Gasteiger partial charge in [0.05, 0.1) is 23.0 Å². The highest BCUT2D eigenvalue weighted by molar-refractivity contribution is 6.42. The van der Waals surface area contributed by atoms with E-state index >= 15 is 0 Å². The number of amides is 1. The largest absolute Gasteiger partial charge is 0.481 e. The van der Waals surface area contributed by atoms with Gasteiger partial charge in [-0.15, -0.1) is 0 Å². The minimum Gasteiger partial charge on any atom is -0.481 e. The van der Waals surface area contributed by atoms with Crippen LogP contribution in [0, 0.1) is 0 Å². The molecule has 0 spiro atoms. The Kier molecular flexibility index (Phi) is 7.50. The molecule has 5 nitrogen and oxygen atoms in total. The minimum absolute atomic E-state index is 0.0158. The van der Waals surface area contributed by atoms with E-state index in [1.165, 1.54) is 0 Å². The summed E-state index contributed by atoms with van der Waals surface area (Å²) in [4.78, 5) is 23.8. The summed E-state index contributed by atoms with van der Waals surface area (Å²) < 4.78 is 0. The van der Waals surface area contributed by atoms with Crippen molar-refractivity contribution in [2.45, 2.75) is 12.8 Å². The van der Waals surface area contributed by atoms with Crippen LogP contribution < -0.4 is 5.32 Å². The Labute approximate surface area is 133 Å². The minimum atomic E-state index is -0.877. The van der Waals surface area contributed by atoms with Gasteiger partial charge in [0.15, 0.2) is 0 Å². The number of hydrogen-bond donors (Lipinski definition) is 2. The van der Waals surface area contributed by atoms with Gasteiger partial charge in [-0.1, -0.05) is 35.3 Å². The van der Waals surface area contributed by atoms with E-state index in [0.29, 0.717) is 29.6 Å². The van der Waals surface area contributed by atoms with Crippen molar-refractivity contribution in [1.29, 1.82) is 0 Å². The van der Waals surface area contributed by atoms with E-state index in [0.717, 1.165) is 5.56 Å². The summed E-state index contributed by atoms with van der Waals surface area (Å²) in [5.74, 6) is -1.03. The lowest BCUT2D eigenvalue weighted by Crippen LogP contribution is -2.36. The second kappa shape index (κ2) is 8.87. The summed E-state index contributed by atoms with van der Waals surface area (Å²) >= 11 is 12.0. The summed E-state index contributed by atoms with van der Waals surface area (Å²) in [5.41, 5.74) is 0.878. The van der Waals surface area contributed by atoms with Gasteiger partial charge in [0, 0.05) is 13.1 Å². The van der Waals surface area contributed by atoms with Crippen molar-refractivity contribution in [2.24, 2.45) is 0 Å². The van der Waals surface area contributed by atoms with Gasteiger partial charge in [0.2, 0.25) is 5.91 Å². The summed E-state index contributed by atoms with van der Waals surface area (Å²) in [7, 11) is 1.70. The van der Waals surface area contributed by atoms with E-state index in [2.05, 4.69) is 5.32 Å². The van der Waals surface area contributed by atoms with Crippen LogP contribution in [-0.2, 0) is 16.0 Å². The number of benzene rings is 1. The van der Waals surface area contributed by atoms with Gasteiger partial charge in [-0.25, -0.2) is 0 Å². The lowest BCUT2D eigenvalue weighted by atomic mass is 10.1. The van der Waals surface area contributed by atoms with E-state index in [4.69, 9.17) is 28.3 Å². The maximum atomic E-state index is 11.7. The van der Waals surface area contributed by atoms with E-state index in [9.17, 15) is 9.59 Å². The van der Waals surface area contributed by atoms with Crippen molar-refractivity contribution in [3.05, 3.63) is 33.8 Å². The number of carboxylic acids is 1. The van der Waals surface area contributed by atoms with E-state index in [-0.39, 0.29) is 18.9 Å². The van der Waals surface area contributed by atoms with Gasteiger partial charge in [0.25, 0.3) is 0 Å². The van der Waals surface area contributed by atoms with Crippen molar-refractivity contribution >= 4 is 35.1 Å². The maximum absolute atomic E-state index is 11.7. The number of nitrogens with one attached hydrogen (secondary N) is 1. The second-order valence-electron chi connectivity index (χ2n) is 4.69. The average Bonchev–Trinajstić information content (AvgIpc) is 2.41. The topological polar surface area (TPSA) is 69.6 Å². The lowest BCUT2D eigenvalue weighted by molar-refractivity contribution is -0.137. The number of carbonyl (C=O) groups is 2. The summed E-state index contributed by atoms with van der Waals surface area (Å²) in [6, 6.07) is 5.38. The van der Waals surface area contributed by atoms with Crippen LogP contribution in [0.2, 0.25) is 10.0 Å². The second-order valence-corrected chi connectivity index (χ2v) is 5.48. The first-order chi connectivity index (χ1) is 9.90. The van der Waals surface area contributed by atoms with E-state index in [1.54, 1.807) is 18.0 Å². The molecule has 21 heavy (non-hydrogen) atoms. The van der Waals surface area contributed by atoms with Crippen LogP contribution in [0.5, 0.6) is 0 Å². The molecule has 1 aromatic rings. The number of carboxylic acid groups (broad SMARTS) is 1. The molecule has 7 heteroatoms. The van der Waals surface area contributed by atoms with Crippen molar-refractivity contribution in [3.63, 3.8) is 0 Å². The Morgan fingerprint density at radius 1 is 1.33 bits per heavy atom. The molecule has 1 aromatic carbocycles. The monoisotopic (exact) mass is 332 g/mol. The Balaban J connectivity index is 2.30. The number of halogens is 2. The Bertz CT molecular complexity index is 509. The average molecular weight is 333 g/mol. The van der Waals surface area contributed by atoms with Gasteiger partial charge in [0.1, 0.15) is 0 Å². The molecule has 0 atom stereocenters. The number of aliphatic carboxylic acids is 1. The molecule has 0 heterocycles.